The number of fused-ring (bicyclic) bond motifs is 1. The summed E-state index contributed by atoms with van der Waals surface area (Å²) < 4.78 is 5.54. The van der Waals surface area contributed by atoms with E-state index in [2.05, 4.69) is 15.5 Å². The molecule has 94 valence electrons. The van der Waals surface area contributed by atoms with Crippen LogP contribution in [0.2, 0.25) is 0 Å². The molecule has 1 aromatic carbocycles. The molecule has 0 radical (unpaired) electrons. The van der Waals surface area contributed by atoms with Gasteiger partial charge in [-0.1, -0.05) is 18.7 Å². The summed E-state index contributed by atoms with van der Waals surface area (Å²) >= 11 is 1.52. The molecule has 0 aliphatic carbocycles. The molecule has 0 unspecified atom stereocenters. The van der Waals surface area contributed by atoms with Crippen LogP contribution >= 0.6 is 11.8 Å². The van der Waals surface area contributed by atoms with Crippen molar-refractivity contribution in [3.63, 3.8) is 0 Å². The summed E-state index contributed by atoms with van der Waals surface area (Å²) in [5.74, 6) is 0.885. The Labute approximate surface area is 113 Å². The average Bonchev–Trinajstić information content (AvgIpc) is 2.82. The fourth-order valence-corrected chi connectivity index (χ4v) is 1.91. The van der Waals surface area contributed by atoms with Crippen LogP contribution in [0.3, 0.4) is 0 Å². The molecule has 1 aromatic heterocycles. The van der Waals surface area contributed by atoms with E-state index in [-0.39, 0.29) is 5.71 Å². The maximum Gasteiger partial charge on any atom is 0.256 e. The molecular formula is C12H9N5OS. The second-order valence-corrected chi connectivity index (χ2v) is 4.61. The smallest absolute Gasteiger partial charge is 0.256 e. The lowest BCUT2D eigenvalue weighted by atomic mass is 10.3. The second kappa shape index (κ2) is 5.89. The second-order valence-electron chi connectivity index (χ2n) is 3.39. The third-order valence-electron chi connectivity index (χ3n) is 2.15. The van der Waals surface area contributed by atoms with Gasteiger partial charge in [-0.2, -0.15) is 15.6 Å². The van der Waals surface area contributed by atoms with Gasteiger partial charge in [-0.15, -0.1) is 0 Å². The first kappa shape index (κ1) is 12.9. The van der Waals surface area contributed by atoms with E-state index in [1.54, 1.807) is 30.3 Å². The van der Waals surface area contributed by atoms with E-state index >= 15 is 0 Å². The molecule has 2 aromatic rings. The molecule has 0 saturated heterocycles. The van der Waals surface area contributed by atoms with E-state index in [0.29, 0.717) is 16.5 Å². The molecule has 2 rings (SSSR count). The van der Waals surface area contributed by atoms with Gasteiger partial charge in [0.1, 0.15) is 17.7 Å². The summed E-state index contributed by atoms with van der Waals surface area (Å²) in [5, 5.41) is 21.4. The highest BCUT2D eigenvalue weighted by molar-refractivity contribution is 7.99. The SMILES string of the molecule is CCSc1nc2ccc(NN=C(C#N)C#N)cc2o1. The molecule has 1 heterocycles. The molecule has 0 atom stereocenters. The predicted octanol–water partition coefficient (Wildman–Crippen LogP) is 2.75. The number of nitrogens with zero attached hydrogens (tertiary/aromatic N) is 4. The number of thioether (sulfide) groups is 1. The lowest BCUT2D eigenvalue weighted by Crippen LogP contribution is -1.95. The monoisotopic (exact) mass is 271 g/mol. The summed E-state index contributed by atoms with van der Waals surface area (Å²) in [6, 6.07) is 8.59. The van der Waals surface area contributed by atoms with Crippen LogP contribution < -0.4 is 5.43 Å². The molecule has 0 saturated carbocycles. The van der Waals surface area contributed by atoms with Gasteiger partial charge in [0.25, 0.3) is 5.22 Å². The molecule has 0 bridgehead atoms. The van der Waals surface area contributed by atoms with Crippen LogP contribution in [0.4, 0.5) is 5.69 Å². The lowest BCUT2D eigenvalue weighted by Gasteiger charge is -1.97. The Morgan fingerprint density at radius 2 is 2.26 bits per heavy atom. The minimum Gasteiger partial charge on any atom is -0.431 e. The fourth-order valence-electron chi connectivity index (χ4n) is 1.35. The van der Waals surface area contributed by atoms with Crippen molar-refractivity contribution in [3.05, 3.63) is 18.2 Å². The topological polar surface area (TPSA) is 98.0 Å². The largest absolute Gasteiger partial charge is 0.431 e. The third kappa shape index (κ3) is 3.03. The van der Waals surface area contributed by atoms with Crippen molar-refractivity contribution in [3.8, 4) is 12.1 Å². The molecule has 7 heteroatoms. The zero-order chi connectivity index (χ0) is 13.7. The van der Waals surface area contributed by atoms with Crippen molar-refractivity contribution in [2.24, 2.45) is 5.10 Å². The zero-order valence-corrected chi connectivity index (χ0v) is 10.9. The molecular weight excluding hydrogens is 262 g/mol. The van der Waals surface area contributed by atoms with Crippen LogP contribution in [0, 0.1) is 22.7 Å². The van der Waals surface area contributed by atoms with Gasteiger partial charge in [0.15, 0.2) is 5.58 Å². The van der Waals surface area contributed by atoms with Crippen LogP contribution in [0.25, 0.3) is 11.1 Å². The summed E-state index contributed by atoms with van der Waals surface area (Å²) in [4.78, 5) is 4.30. The van der Waals surface area contributed by atoms with E-state index < -0.39 is 0 Å². The molecule has 0 spiro atoms. The normalized spacial score (nSPS) is 9.63. The van der Waals surface area contributed by atoms with Gasteiger partial charge in [-0.25, -0.2) is 4.98 Å². The first-order chi connectivity index (χ1) is 9.26. The van der Waals surface area contributed by atoms with Gasteiger partial charge in [-0.3, -0.25) is 5.43 Å². The number of benzene rings is 1. The zero-order valence-electron chi connectivity index (χ0n) is 10.0. The molecule has 0 fully saturated rings. The maximum atomic E-state index is 8.56. The van der Waals surface area contributed by atoms with Gasteiger partial charge < -0.3 is 4.42 Å². The van der Waals surface area contributed by atoms with Gasteiger partial charge in [-0.05, 0) is 17.9 Å². The Hall–Kier alpha value is -2.51. The minimum absolute atomic E-state index is 0.236. The third-order valence-corrected chi connectivity index (χ3v) is 2.86. The van der Waals surface area contributed by atoms with Crippen molar-refractivity contribution < 1.29 is 4.42 Å². The number of anilines is 1. The van der Waals surface area contributed by atoms with E-state index in [1.165, 1.54) is 11.8 Å². The van der Waals surface area contributed by atoms with Crippen molar-refractivity contribution in [1.82, 2.24) is 4.98 Å². The number of nitrogens with one attached hydrogen (secondary N) is 1. The van der Waals surface area contributed by atoms with Crippen molar-refractivity contribution >= 4 is 34.3 Å². The van der Waals surface area contributed by atoms with Crippen LogP contribution in [0.15, 0.2) is 32.9 Å². The Kier molecular flexibility index (Phi) is 4.01. The molecule has 0 aliphatic heterocycles. The van der Waals surface area contributed by atoms with Crippen molar-refractivity contribution in [2.45, 2.75) is 12.1 Å². The van der Waals surface area contributed by atoms with E-state index in [9.17, 15) is 0 Å². The quantitative estimate of drug-likeness (QED) is 0.521. The van der Waals surface area contributed by atoms with Crippen LogP contribution in [0.1, 0.15) is 6.92 Å². The molecule has 19 heavy (non-hydrogen) atoms. The first-order valence-corrected chi connectivity index (χ1v) is 6.42. The number of hydrogen-bond acceptors (Lipinski definition) is 7. The molecule has 0 aliphatic rings. The van der Waals surface area contributed by atoms with E-state index in [0.717, 1.165) is 11.3 Å². The standard InChI is InChI=1S/C12H9N5OS/c1-2-19-12-15-10-4-3-8(5-11(10)18-12)16-17-9(6-13)7-14/h3-5,16H,2H2,1H3. The van der Waals surface area contributed by atoms with Crippen molar-refractivity contribution in [2.75, 3.05) is 11.2 Å². The minimum atomic E-state index is -0.236. The maximum absolute atomic E-state index is 8.56. The molecule has 0 amide bonds. The molecule has 6 nitrogen and oxygen atoms in total. The van der Waals surface area contributed by atoms with Crippen LogP contribution in [-0.4, -0.2) is 16.4 Å². The number of hydrogen-bond donors (Lipinski definition) is 1. The Balaban J connectivity index is 2.25. The van der Waals surface area contributed by atoms with Gasteiger partial charge >= 0.3 is 0 Å². The summed E-state index contributed by atoms with van der Waals surface area (Å²) in [6.07, 6.45) is 0. The number of hydrazone groups is 1. The lowest BCUT2D eigenvalue weighted by molar-refractivity contribution is 0.490. The Morgan fingerprint density at radius 1 is 1.47 bits per heavy atom. The summed E-state index contributed by atoms with van der Waals surface area (Å²) in [6.45, 7) is 2.02. The number of rotatable bonds is 4. The fraction of sp³-hybridized carbons (Fsp3) is 0.167. The van der Waals surface area contributed by atoms with E-state index in [4.69, 9.17) is 14.9 Å². The number of aromatic nitrogens is 1. The van der Waals surface area contributed by atoms with Crippen LogP contribution in [-0.2, 0) is 0 Å². The first-order valence-electron chi connectivity index (χ1n) is 5.44. The summed E-state index contributed by atoms with van der Waals surface area (Å²) in [5.41, 5.74) is 4.40. The average molecular weight is 271 g/mol. The highest BCUT2D eigenvalue weighted by Crippen LogP contribution is 2.25. The molecule has 1 N–H and O–H groups in total. The predicted molar refractivity (Wildman–Crippen MR) is 72.7 cm³/mol. The van der Waals surface area contributed by atoms with Gasteiger partial charge in [0.05, 0.1) is 5.69 Å². The van der Waals surface area contributed by atoms with Gasteiger partial charge in [0, 0.05) is 6.07 Å². The number of nitriles is 2. The van der Waals surface area contributed by atoms with E-state index in [1.807, 2.05) is 6.92 Å². The summed E-state index contributed by atoms with van der Waals surface area (Å²) in [7, 11) is 0. The highest BCUT2D eigenvalue weighted by Gasteiger charge is 2.06. The Bertz CT molecular complexity index is 691. The van der Waals surface area contributed by atoms with Crippen molar-refractivity contribution in [1.29, 1.82) is 10.5 Å². The Morgan fingerprint density at radius 3 is 2.95 bits per heavy atom. The number of oxazole rings is 1. The van der Waals surface area contributed by atoms with Gasteiger partial charge in [0.2, 0.25) is 5.71 Å². The highest BCUT2D eigenvalue weighted by atomic mass is 32.2. The van der Waals surface area contributed by atoms with Crippen LogP contribution in [0.5, 0.6) is 0 Å².